The second-order valence-electron chi connectivity index (χ2n) is 6.50. The Morgan fingerprint density at radius 2 is 2.00 bits per heavy atom. The summed E-state index contributed by atoms with van der Waals surface area (Å²) in [5.41, 5.74) is 2.29. The summed E-state index contributed by atoms with van der Waals surface area (Å²) in [5.74, 6) is -2.00. The van der Waals surface area contributed by atoms with E-state index in [1.807, 2.05) is 6.07 Å². The molecule has 0 spiro atoms. The lowest BCUT2D eigenvalue weighted by atomic mass is 9.95. The maximum atomic E-state index is 14.0. The molecule has 0 amide bonds. The van der Waals surface area contributed by atoms with Crippen molar-refractivity contribution in [3.8, 4) is 0 Å². The molecule has 1 fully saturated rings. The normalized spacial score (nSPS) is 19.7. The van der Waals surface area contributed by atoms with Crippen LogP contribution in [0.5, 0.6) is 0 Å². The monoisotopic (exact) mass is 381 g/mol. The summed E-state index contributed by atoms with van der Waals surface area (Å²) >= 11 is 0. The van der Waals surface area contributed by atoms with E-state index in [1.165, 1.54) is 5.56 Å². The fourth-order valence-electron chi connectivity index (χ4n) is 3.39. The van der Waals surface area contributed by atoms with Gasteiger partial charge in [-0.15, -0.1) is 24.8 Å². The maximum absolute atomic E-state index is 14.0. The standard InChI is InChI=1S/C17H25F2N3.2ClH/c18-17(19,14-8-11-20-12-14)9-2-1-5-15-7-6-13-4-3-10-21-16(13)22-15;;/h6-7,14,20H,1-5,8-12H2,(H,21,22);2*1H/t14-;;/m1../s1. The molecule has 1 aromatic heterocycles. The first-order valence-electron chi connectivity index (χ1n) is 8.46. The van der Waals surface area contributed by atoms with E-state index in [0.717, 1.165) is 50.3 Å². The number of fused-ring (bicyclic) bond motifs is 1. The molecule has 0 aliphatic carbocycles. The van der Waals surface area contributed by atoms with Gasteiger partial charge in [0.05, 0.1) is 0 Å². The summed E-state index contributed by atoms with van der Waals surface area (Å²) in [5, 5.41) is 6.34. The first-order valence-corrected chi connectivity index (χ1v) is 8.46. The van der Waals surface area contributed by atoms with Crippen molar-refractivity contribution >= 4 is 30.6 Å². The highest BCUT2D eigenvalue weighted by molar-refractivity contribution is 5.85. The van der Waals surface area contributed by atoms with Gasteiger partial charge < -0.3 is 10.6 Å². The van der Waals surface area contributed by atoms with Crippen molar-refractivity contribution < 1.29 is 8.78 Å². The Bertz CT molecular complexity index is 509. The number of rotatable bonds is 6. The predicted molar refractivity (Wildman–Crippen MR) is 99.0 cm³/mol. The van der Waals surface area contributed by atoms with Gasteiger partial charge >= 0.3 is 0 Å². The number of hydrogen-bond acceptors (Lipinski definition) is 3. The van der Waals surface area contributed by atoms with E-state index in [2.05, 4.69) is 21.7 Å². The van der Waals surface area contributed by atoms with Crippen molar-refractivity contribution in [2.45, 2.75) is 50.9 Å². The lowest BCUT2D eigenvalue weighted by molar-refractivity contribution is -0.0597. The molecule has 1 saturated heterocycles. The average molecular weight is 382 g/mol. The zero-order chi connectivity index (χ0) is 15.4. The molecule has 0 bridgehead atoms. The fourth-order valence-corrected chi connectivity index (χ4v) is 3.39. The Labute approximate surface area is 155 Å². The number of nitrogens with one attached hydrogen (secondary N) is 2. The maximum Gasteiger partial charge on any atom is 0.252 e. The van der Waals surface area contributed by atoms with Crippen LogP contribution in [0.25, 0.3) is 0 Å². The van der Waals surface area contributed by atoms with Crippen LogP contribution in [0, 0.1) is 5.92 Å². The highest BCUT2D eigenvalue weighted by Gasteiger charge is 2.39. The molecule has 2 aliphatic heterocycles. The van der Waals surface area contributed by atoms with Gasteiger partial charge in [0, 0.05) is 31.1 Å². The second-order valence-corrected chi connectivity index (χ2v) is 6.50. The molecule has 1 aromatic rings. The largest absolute Gasteiger partial charge is 0.370 e. The van der Waals surface area contributed by atoms with Crippen LogP contribution < -0.4 is 10.6 Å². The van der Waals surface area contributed by atoms with Crippen LogP contribution in [-0.4, -0.2) is 30.5 Å². The van der Waals surface area contributed by atoms with Crippen LogP contribution in [0.1, 0.15) is 43.4 Å². The summed E-state index contributed by atoms with van der Waals surface area (Å²) in [7, 11) is 0. The third-order valence-corrected chi connectivity index (χ3v) is 4.80. The summed E-state index contributed by atoms with van der Waals surface area (Å²) in [6, 6.07) is 4.17. The number of pyridine rings is 1. The number of unbranched alkanes of at least 4 members (excludes halogenated alkanes) is 1. The van der Waals surface area contributed by atoms with Crippen molar-refractivity contribution in [2.24, 2.45) is 5.92 Å². The predicted octanol–water partition coefficient (Wildman–Crippen LogP) is 4.24. The zero-order valence-corrected chi connectivity index (χ0v) is 15.5. The zero-order valence-electron chi connectivity index (χ0n) is 13.8. The van der Waals surface area contributed by atoms with Crippen molar-refractivity contribution in [1.82, 2.24) is 10.3 Å². The lowest BCUT2D eigenvalue weighted by Crippen LogP contribution is -2.29. The number of hydrogen-bond donors (Lipinski definition) is 2. The van der Waals surface area contributed by atoms with E-state index in [4.69, 9.17) is 0 Å². The molecule has 3 nitrogen and oxygen atoms in total. The number of anilines is 1. The quantitative estimate of drug-likeness (QED) is 0.723. The summed E-state index contributed by atoms with van der Waals surface area (Å²) in [6.45, 7) is 2.17. The molecule has 2 aliphatic rings. The van der Waals surface area contributed by atoms with Crippen LogP contribution in [-0.2, 0) is 12.8 Å². The topological polar surface area (TPSA) is 37.0 Å². The van der Waals surface area contributed by atoms with Gasteiger partial charge in [-0.3, -0.25) is 0 Å². The van der Waals surface area contributed by atoms with E-state index < -0.39 is 11.8 Å². The minimum Gasteiger partial charge on any atom is -0.370 e. The Hall–Kier alpha value is -0.650. The van der Waals surface area contributed by atoms with Crippen molar-refractivity contribution in [3.05, 3.63) is 23.4 Å². The van der Waals surface area contributed by atoms with Crippen LogP contribution in [0.4, 0.5) is 14.6 Å². The van der Waals surface area contributed by atoms with E-state index >= 15 is 0 Å². The minimum atomic E-state index is -2.52. The SMILES string of the molecule is Cl.Cl.FC(F)(CCCCc1ccc2c(n1)NCCC2)[C@@H]1CCNC1. The summed E-state index contributed by atoms with van der Waals surface area (Å²) in [4.78, 5) is 4.62. The van der Waals surface area contributed by atoms with E-state index in [-0.39, 0.29) is 31.2 Å². The molecule has 138 valence electrons. The van der Waals surface area contributed by atoms with Crippen molar-refractivity contribution in [3.63, 3.8) is 0 Å². The third-order valence-electron chi connectivity index (χ3n) is 4.80. The third kappa shape index (κ3) is 5.43. The number of halogens is 4. The second kappa shape index (κ2) is 9.73. The Kier molecular flexibility index (Phi) is 8.68. The van der Waals surface area contributed by atoms with Crippen LogP contribution in [0.15, 0.2) is 12.1 Å². The lowest BCUT2D eigenvalue weighted by Gasteiger charge is -2.22. The van der Waals surface area contributed by atoms with E-state index in [9.17, 15) is 8.78 Å². The van der Waals surface area contributed by atoms with Gasteiger partial charge in [0.15, 0.2) is 0 Å². The van der Waals surface area contributed by atoms with Gasteiger partial charge in [0.2, 0.25) is 0 Å². The van der Waals surface area contributed by atoms with Crippen molar-refractivity contribution in [2.75, 3.05) is 25.0 Å². The first kappa shape index (κ1) is 21.4. The van der Waals surface area contributed by atoms with Crippen LogP contribution >= 0.6 is 24.8 Å². The minimum absolute atomic E-state index is 0. The summed E-state index contributed by atoms with van der Waals surface area (Å²) in [6.07, 6.45) is 4.97. The Morgan fingerprint density at radius 3 is 2.75 bits per heavy atom. The molecule has 0 saturated carbocycles. The Balaban J connectivity index is 0.00000144. The molecular formula is C17H27Cl2F2N3. The molecule has 3 heterocycles. The van der Waals surface area contributed by atoms with Gasteiger partial charge in [-0.2, -0.15) is 0 Å². The number of aromatic nitrogens is 1. The fraction of sp³-hybridized carbons (Fsp3) is 0.706. The van der Waals surface area contributed by atoms with Gasteiger partial charge in [0.1, 0.15) is 5.82 Å². The van der Waals surface area contributed by atoms with Gasteiger partial charge in [0.25, 0.3) is 5.92 Å². The van der Waals surface area contributed by atoms with Crippen LogP contribution in [0.3, 0.4) is 0 Å². The Morgan fingerprint density at radius 1 is 1.17 bits per heavy atom. The van der Waals surface area contributed by atoms with Gasteiger partial charge in [-0.05, 0) is 56.7 Å². The molecule has 0 aromatic carbocycles. The smallest absolute Gasteiger partial charge is 0.252 e. The first-order chi connectivity index (χ1) is 10.6. The number of alkyl halides is 2. The van der Waals surface area contributed by atoms with E-state index in [1.54, 1.807) is 0 Å². The molecule has 24 heavy (non-hydrogen) atoms. The molecule has 0 unspecified atom stereocenters. The molecule has 1 atom stereocenters. The highest BCUT2D eigenvalue weighted by atomic mass is 35.5. The highest BCUT2D eigenvalue weighted by Crippen LogP contribution is 2.34. The van der Waals surface area contributed by atoms with Crippen LogP contribution in [0.2, 0.25) is 0 Å². The van der Waals surface area contributed by atoms with Gasteiger partial charge in [-0.25, -0.2) is 13.8 Å². The van der Waals surface area contributed by atoms with Gasteiger partial charge in [-0.1, -0.05) is 6.07 Å². The number of nitrogens with zero attached hydrogens (tertiary/aromatic N) is 1. The molecule has 0 radical (unpaired) electrons. The average Bonchev–Trinajstić information content (AvgIpc) is 3.07. The molecule has 2 N–H and O–H groups in total. The van der Waals surface area contributed by atoms with E-state index in [0.29, 0.717) is 19.4 Å². The molecular weight excluding hydrogens is 355 g/mol. The molecule has 3 rings (SSSR count). The summed E-state index contributed by atoms with van der Waals surface area (Å²) < 4.78 is 28.0. The molecule has 7 heteroatoms. The van der Waals surface area contributed by atoms with Crippen molar-refractivity contribution in [1.29, 1.82) is 0 Å². The number of aryl methyl sites for hydroxylation is 2.